The SMILES string of the molecule is Nc1n[nH+]c(N)[nH]1.Nc1n[nH+]c(N)[nH]1.O.O.O=C([O-])c1cccc(C(=O)[O-])n1.O=C([O-])c1cccc(C(=O)[O-])n1.O=C([O-])c1cccc(C(=O)[O-])n1.O=C([O-])c1cccc(C(=O)[O-])n1.[Co+2].[Co+2].[Co+2].[OH3+].[OH3+].[OH3+].[OH3+]. The molecule has 71 heavy (non-hydrogen) atoms. The Bertz CT molecular complexity index is 2110. The number of aromatic nitrogens is 10. The summed E-state index contributed by atoms with van der Waals surface area (Å²) in [5.41, 5.74) is 17.1. The molecule has 0 saturated heterocycles. The fraction of sp³-hybridized carbons (Fsp3) is 0. The maximum absolute atomic E-state index is 10.2. The molecular weight excluding hydrogens is 1110 g/mol. The van der Waals surface area contributed by atoms with Crippen molar-refractivity contribution in [2.24, 2.45) is 0 Å². The molecule has 39 heteroatoms. The van der Waals surface area contributed by atoms with Gasteiger partial charge in [-0.3, -0.25) is 11.5 Å². The van der Waals surface area contributed by atoms with Crippen molar-refractivity contribution in [3.05, 3.63) is 118 Å². The minimum absolute atomic E-state index is 0. The van der Waals surface area contributed by atoms with Gasteiger partial charge in [-0.2, -0.15) is 10.2 Å². The Balaban J connectivity index is -0.0000000914. The standard InChI is InChI=1S/4C7H5NO4.2C2H5N5.3Co.6H2O/c4*9-6(10)4-2-1-3-5(8-4)7(11)12;2*3-1-5-2(4)7-6-1;;;;;;;;;/h4*1-3H,(H,9,10)(H,11,12);2*(H5,3,4,5,6,7);;;;6*1H2/q;;;;;;3*+2;;;;;;/p-2. The first kappa shape index (κ1) is 82.2. The molecule has 0 fully saturated rings. The molecule has 28 N–H and O–H groups in total. The summed E-state index contributed by atoms with van der Waals surface area (Å²) in [6, 6.07) is 14.1. The zero-order chi connectivity index (χ0) is 47.1. The minimum atomic E-state index is -1.52. The number of nitrogens with one attached hydrogen (secondary N) is 4. The molecule has 0 amide bonds. The largest absolute Gasteiger partial charge is 2.00 e. The van der Waals surface area contributed by atoms with Crippen LogP contribution in [0.15, 0.2) is 72.8 Å². The van der Waals surface area contributed by atoms with Gasteiger partial charge in [-0.05, 0) is 48.5 Å². The van der Waals surface area contributed by atoms with Crippen LogP contribution in [0.25, 0.3) is 0 Å². The number of carbonyl (C=O) groups is 8. The molecule has 0 aliphatic heterocycles. The maximum Gasteiger partial charge on any atom is 2.00 e. The zero-order valence-electron chi connectivity index (χ0n) is 34.8. The topological polar surface area (TPSA) is 757 Å². The summed E-state index contributed by atoms with van der Waals surface area (Å²) >= 11 is 0. The average molecular weight is 1150 g/mol. The molecular formula is C32H40Co3N14O22+4. The van der Waals surface area contributed by atoms with E-state index >= 15 is 0 Å². The van der Waals surface area contributed by atoms with Crippen molar-refractivity contribution in [3.63, 3.8) is 0 Å². The maximum atomic E-state index is 10.2. The predicted octanol–water partition coefficient (Wildman–Crippen LogP) is -17.3. The van der Waals surface area contributed by atoms with Gasteiger partial charge < -0.3 is 124 Å². The van der Waals surface area contributed by atoms with Crippen LogP contribution in [0.4, 0.5) is 23.8 Å². The van der Waals surface area contributed by atoms with Crippen LogP contribution in [0.3, 0.4) is 0 Å². The van der Waals surface area contributed by atoms with Crippen LogP contribution in [0.5, 0.6) is 0 Å². The number of carboxylic acid groups (broad SMARTS) is 8. The third-order valence-corrected chi connectivity index (χ3v) is 5.79. The van der Waals surface area contributed by atoms with Gasteiger partial charge in [-0.15, -0.1) is 0 Å². The molecule has 6 heterocycles. The van der Waals surface area contributed by atoms with Gasteiger partial charge in [0, 0.05) is 0 Å². The second-order valence-corrected chi connectivity index (χ2v) is 10.2. The van der Waals surface area contributed by atoms with E-state index in [0.29, 0.717) is 23.8 Å². The monoisotopic (exact) mass is 1150 g/mol. The van der Waals surface area contributed by atoms with E-state index in [9.17, 15) is 79.2 Å². The number of aromatic amines is 4. The van der Waals surface area contributed by atoms with E-state index in [-0.39, 0.29) is 83.2 Å². The Morgan fingerprint density at radius 2 is 0.493 bits per heavy atom. The summed E-state index contributed by atoms with van der Waals surface area (Å²) in [6.07, 6.45) is 0. The number of nitrogens with zero attached hydrogens (tertiary/aromatic N) is 6. The number of hydrogen-bond donors (Lipinski definition) is 6. The molecule has 0 atom stereocenters. The van der Waals surface area contributed by atoms with Crippen LogP contribution in [-0.2, 0) is 72.2 Å². The van der Waals surface area contributed by atoms with Crippen molar-refractivity contribution >= 4 is 71.5 Å². The van der Waals surface area contributed by atoms with Crippen LogP contribution in [0.1, 0.15) is 83.9 Å². The van der Waals surface area contributed by atoms with E-state index in [4.69, 9.17) is 22.9 Å². The molecule has 0 saturated carbocycles. The number of aromatic carboxylic acids is 8. The predicted molar refractivity (Wildman–Crippen MR) is 206 cm³/mol. The van der Waals surface area contributed by atoms with E-state index in [1.54, 1.807) is 0 Å². The fourth-order valence-electron chi connectivity index (χ4n) is 3.28. The van der Waals surface area contributed by atoms with Gasteiger partial charge in [0.15, 0.2) is 0 Å². The van der Waals surface area contributed by atoms with Crippen molar-refractivity contribution in [2.75, 3.05) is 22.9 Å². The number of anilines is 4. The Kier molecular flexibility index (Phi) is 47.9. The van der Waals surface area contributed by atoms with E-state index in [1.165, 1.54) is 24.3 Å². The van der Waals surface area contributed by atoms with Crippen molar-refractivity contribution in [1.82, 2.24) is 40.1 Å². The van der Waals surface area contributed by atoms with E-state index in [1.807, 2.05) is 0 Å². The van der Waals surface area contributed by atoms with Gasteiger partial charge in [0.05, 0.1) is 93.3 Å². The molecule has 36 nitrogen and oxygen atoms in total. The average Bonchev–Trinajstić information content (AvgIpc) is 3.82. The first-order valence-corrected chi connectivity index (χ1v) is 15.6. The Labute approximate surface area is 424 Å². The van der Waals surface area contributed by atoms with Crippen molar-refractivity contribution in [1.29, 1.82) is 0 Å². The molecule has 0 aliphatic rings. The molecule has 0 spiro atoms. The summed E-state index contributed by atoms with van der Waals surface area (Å²) in [5, 5.41) is 93.3. The smallest absolute Gasteiger partial charge is 0.543 e. The molecule has 3 radical (unpaired) electrons. The number of H-pyrrole nitrogens is 4. The second-order valence-electron chi connectivity index (χ2n) is 10.2. The van der Waals surface area contributed by atoms with Gasteiger partial charge in [0.1, 0.15) is 0 Å². The third kappa shape index (κ3) is 32.5. The molecule has 0 bridgehead atoms. The van der Waals surface area contributed by atoms with Gasteiger partial charge >= 0.3 is 62.2 Å². The number of nitrogen functional groups attached to an aromatic ring is 4. The number of carboxylic acids is 8. The summed E-state index contributed by atoms with van der Waals surface area (Å²) in [7, 11) is 0. The molecule has 6 aromatic heterocycles. The first-order chi connectivity index (χ1) is 29.0. The van der Waals surface area contributed by atoms with Gasteiger partial charge in [0.2, 0.25) is 0 Å². The van der Waals surface area contributed by atoms with Gasteiger partial charge in [-0.1, -0.05) is 34.5 Å². The quantitative estimate of drug-likeness (QED) is 0.0771. The van der Waals surface area contributed by atoms with E-state index < -0.39 is 93.3 Å². The van der Waals surface area contributed by atoms with Crippen LogP contribution >= 0.6 is 0 Å². The zero-order valence-corrected chi connectivity index (χ0v) is 37.9. The van der Waals surface area contributed by atoms with E-state index in [2.05, 4.69) is 50.3 Å². The Morgan fingerprint density at radius 1 is 0.352 bits per heavy atom. The molecule has 0 aromatic carbocycles. The number of pyridine rings is 4. The van der Waals surface area contributed by atoms with Crippen LogP contribution in [-0.4, -0.2) is 98.8 Å². The van der Waals surface area contributed by atoms with Crippen molar-refractivity contribution in [3.8, 4) is 0 Å². The van der Waals surface area contributed by atoms with E-state index in [0.717, 1.165) is 48.5 Å². The van der Waals surface area contributed by atoms with Crippen LogP contribution < -0.4 is 74.0 Å². The van der Waals surface area contributed by atoms with Crippen molar-refractivity contribution < 1.29 is 173 Å². The summed E-state index contributed by atoms with van der Waals surface area (Å²) in [5.74, 6) is -10.8. The summed E-state index contributed by atoms with van der Waals surface area (Å²) in [4.78, 5) is 99.6. The minimum Gasteiger partial charge on any atom is -0.543 e. The normalized spacial score (nSPS) is 8.11. The molecule has 0 aliphatic carbocycles. The van der Waals surface area contributed by atoms with Crippen LogP contribution in [0, 0.1) is 0 Å². The number of carbonyl (C=O) groups excluding carboxylic acids is 8. The summed E-state index contributed by atoms with van der Waals surface area (Å²) in [6.45, 7) is 0. The fourth-order valence-corrected chi connectivity index (χ4v) is 3.28. The molecule has 6 rings (SSSR count). The molecule has 0 unspecified atom stereocenters. The van der Waals surface area contributed by atoms with Gasteiger partial charge in [-0.25, -0.2) is 29.9 Å². The molecule has 393 valence electrons. The Hall–Kier alpha value is -8.88. The number of hydrogen-bond acceptors (Lipinski definition) is 26. The molecule has 6 aromatic rings. The number of rotatable bonds is 8. The first-order valence-electron chi connectivity index (χ1n) is 15.6. The number of nitrogens with two attached hydrogens (primary N) is 4. The third-order valence-electron chi connectivity index (χ3n) is 5.79. The second kappa shape index (κ2) is 41.3. The Morgan fingerprint density at radius 3 is 0.563 bits per heavy atom. The van der Waals surface area contributed by atoms with Crippen LogP contribution in [0.2, 0.25) is 0 Å². The van der Waals surface area contributed by atoms with Gasteiger partial charge in [0.25, 0.3) is 11.9 Å². The van der Waals surface area contributed by atoms with Crippen molar-refractivity contribution in [2.45, 2.75) is 0 Å². The summed E-state index contributed by atoms with van der Waals surface area (Å²) < 4.78 is 0.